The van der Waals surface area contributed by atoms with Crippen molar-refractivity contribution in [3.63, 3.8) is 0 Å². The number of ether oxygens (including phenoxy) is 2. The molecule has 0 radical (unpaired) electrons. The smallest absolute Gasteiger partial charge is 0.327 e. The van der Waals surface area contributed by atoms with E-state index in [4.69, 9.17) is 15.2 Å². The zero-order valence-electron chi connectivity index (χ0n) is 11.2. The molecule has 0 aliphatic carbocycles. The van der Waals surface area contributed by atoms with Gasteiger partial charge in [0, 0.05) is 7.11 Å². The lowest BCUT2D eigenvalue weighted by molar-refractivity contribution is -0.00366. The van der Waals surface area contributed by atoms with Gasteiger partial charge in [-0.1, -0.05) is 4.57 Å². The second-order valence-electron chi connectivity index (χ2n) is 4.17. The van der Waals surface area contributed by atoms with Crippen LogP contribution in [0.2, 0.25) is 0 Å². The Morgan fingerprint density at radius 3 is 3.05 bits per heavy atom. The van der Waals surface area contributed by atoms with E-state index in [2.05, 4.69) is 15.0 Å². The number of fused-ring (bicyclic) bond motifs is 1. The minimum absolute atomic E-state index is 0.162. The molecule has 2 atom stereocenters. The number of rotatable bonds is 8. The van der Waals surface area contributed by atoms with Crippen LogP contribution in [0.4, 0.5) is 5.82 Å². The molecule has 20 heavy (non-hydrogen) atoms. The Bertz CT molecular complexity index is 576. The summed E-state index contributed by atoms with van der Waals surface area (Å²) in [6.07, 6.45) is 3.41. The number of aromatic nitrogens is 4. The predicted molar refractivity (Wildman–Crippen MR) is 75.2 cm³/mol. The molecule has 0 saturated heterocycles. The topological polar surface area (TPSA) is 105 Å². The van der Waals surface area contributed by atoms with Gasteiger partial charge < -0.3 is 19.8 Å². The summed E-state index contributed by atoms with van der Waals surface area (Å²) in [5.74, 6) is 0.352. The van der Waals surface area contributed by atoms with Crippen LogP contribution in [0.3, 0.4) is 0 Å². The number of methoxy groups -OCH3 is 1. The average Bonchev–Trinajstić information content (AvgIpc) is 2.84. The number of nitrogens with two attached hydrogens (primary N) is 1. The number of anilines is 1. The van der Waals surface area contributed by atoms with Gasteiger partial charge in [0.2, 0.25) is 0 Å². The molecule has 2 heterocycles. The van der Waals surface area contributed by atoms with Crippen LogP contribution in [-0.2, 0) is 20.6 Å². The molecule has 2 N–H and O–H groups in total. The van der Waals surface area contributed by atoms with E-state index in [-0.39, 0.29) is 14.6 Å². The molecule has 0 aliphatic heterocycles. The van der Waals surface area contributed by atoms with Crippen molar-refractivity contribution in [1.29, 1.82) is 0 Å². The molecule has 0 fully saturated rings. The maximum atomic E-state index is 10.5. The molecule has 2 aromatic heterocycles. The van der Waals surface area contributed by atoms with E-state index in [1.165, 1.54) is 6.33 Å². The lowest BCUT2D eigenvalue weighted by Gasteiger charge is -2.16. The molecule has 108 valence electrons. The highest BCUT2D eigenvalue weighted by Crippen LogP contribution is 2.15. The molecule has 8 nitrogen and oxygen atoms in total. The summed E-state index contributed by atoms with van der Waals surface area (Å²) in [6, 6.07) is 0. The first-order chi connectivity index (χ1) is 9.76. The lowest BCUT2D eigenvalue weighted by Crippen LogP contribution is -2.26. The first-order valence-electron chi connectivity index (χ1n) is 6.13. The fourth-order valence-corrected chi connectivity index (χ4v) is 2.06. The molecule has 0 bridgehead atoms. The van der Waals surface area contributed by atoms with Crippen molar-refractivity contribution in [3.8, 4) is 0 Å². The van der Waals surface area contributed by atoms with Crippen molar-refractivity contribution >= 4 is 25.4 Å². The summed E-state index contributed by atoms with van der Waals surface area (Å²) < 4.78 is 23.1. The highest BCUT2D eigenvalue weighted by atomic mass is 31.1. The molecular weight excluding hydrogens is 281 g/mol. The third kappa shape index (κ3) is 3.47. The lowest BCUT2D eigenvalue weighted by atomic mass is 10.3. The highest BCUT2D eigenvalue weighted by molar-refractivity contribution is 7.23. The summed E-state index contributed by atoms with van der Waals surface area (Å²) >= 11 is 0. The van der Waals surface area contributed by atoms with Crippen LogP contribution in [-0.4, -0.2) is 52.1 Å². The first kappa shape index (κ1) is 14.8. The zero-order valence-corrected chi connectivity index (χ0v) is 12.2. The number of hydrogen-bond acceptors (Lipinski definition) is 7. The van der Waals surface area contributed by atoms with Gasteiger partial charge >= 0.3 is 8.46 Å². The van der Waals surface area contributed by atoms with Crippen LogP contribution < -0.4 is 5.73 Å². The monoisotopic (exact) mass is 298 g/mol. The largest absolute Gasteiger partial charge is 0.382 e. The van der Waals surface area contributed by atoms with Gasteiger partial charge in [-0.3, -0.25) is 0 Å². The van der Waals surface area contributed by atoms with Crippen molar-refractivity contribution in [2.45, 2.75) is 12.6 Å². The Hall–Kier alpha value is -1.63. The summed E-state index contributed by atoms with van der Waals surface area (Å²) in [6.45, 7) is 1.39. The summed E-state index contributed by atoms with van der Waals surface area (Å²) in [5.41, 5.74) is 6.97. The standard InChI is InChI=1S/C11H16N5O3P/c1-18-5-8(19-2-3-20-17)4-16-7-15-9-10(12)13-6-14-11(9)16/h6-8H,2-5H2,1H3,(H2,12,13,14)/p+1/t8-/m0/s1. The van der Waals surface area contributed by atoms with Crippen molar-refractivity contribution in [1.82, 2.24) is 19.5 Å². The molecule has 2 rings (SSSR count). The second-order valence-corrected chi connectivity index (χ2v) is 4.96. The fourth-order valence-electron chi connectivity index (χ4n) is 1.86. The third-order valence-electron chi connectivity index (χ3n) is 2.74. The average molecular weight is 298 g/mol. The molecule has 9 heteroatoms. The van der Waals surface area contributed by atoms with Gasteiger partial charge in [0.05, 0.1) is 32.2 Å². The van der Waals surface area contributed by atoms with Gasteiger partial charge in [0.1, 0.15) is 11.8 Å². The summed E-state index contributed by atoms with van der Waals surface area (Å²) in [4.78, 5) is 12.3. The van der Waals surface area contributed by atoms with Gasteiger partial charge in [0.25, 0.3) is 0 Å². The molecule has 0 aromatic carbocycles. The highest BCUT2D eigenvalue weighted by Gasteiger charge is 2.14. The zero-order chi connectivity index (χ0) is 14.4. The quantitative estimate of drug-likeness (QED) is 0.557. The van der Waals surface area contributed by atoms with E-state index in [0.29, 0.717) is 42.9 Å². The van der Waals surface area contributed by atoms with Crippen LogP contribution >= 0.6 is 8.46 Å². The second kappa shape index (κ2) is 7.23. The minimum Gasteiger partial charge on any atom is -0.382 e. The van der Waals surface area contributed by atoms with Crippen LogP contribution in [0, 0.1) is 0 Å². The summed E-state index contributed by atoms with van der Waals surface area (Å²) in [5, 5.41) is 0. The van der Waals surface area contributed by atoms with Crippen molar-refractivity contribution in [2.24, 2.45) is 0 Å². The fraction of sp³-hybridized carbons (Fsp3) is 0.545. The van der Waals surface area contributed by atoms with Crippen LogP contribution in [0.1, 0.15) is 0 Å². The van der Waals surface area contributed by atoms with E-state index in [9.17, 15) is 4.57 Å². The third-order valence-corrected chi connectivity index (χ3v) is 3.15. The van der Waals surface area contributed by atoms with E-state index >= 15 is 0 Å². The minimum atomic E-state index is -0.356. The van der Waals surface area contributed by atoms with E-state index in [1.54, 1.807) is 13.4 Å². The predicted octanol–water partition coefficient (Wildman–Crippen LogP) is 0.464. The first-order valence-corrected chi connectivity index (χ1v) is 7.24. The van der Waals surface area contributed by atoms with Gasteiger partial charge in [-0.15, -0.1) is 0 Å². The molecule has 0 saturated carbocycles. The molecule has 0 spiro atoms. The van der Waals surface area contributed by atoms with Gasteiger partial charge in [-0.25, -0.2) is 15.0 Å². The number of nitrogen functional groups attached to an aromatic ring is 1. The Labute approximate surface area is 117 Å². The number of imidazole rings is 1. The van der Waals surface area contributed by atoms with Gasteiger partial charge in [0.15, 0.2) is 17.6 Å². The summed E-state index contributed by atoms with van der Waals surface area (Å²) in [7, 11) is 1.25. The van der Waals surface area contributed by atoms with Gasteiger partial charge in [-0.2, -0.15) is 0 Å². The molecule has 0 aliphatic rings. The molecular formula is C11H17N5O3P+. The number of nitrogens with zero attached hydrogens (tertiary/aromatic N) is 4. The van der Waals surface area contributed by atoms with Crippen LogP contribution in [0.15, 0.2) is 12.7 Å². The van der Waals surface area contributed by atoms with E-state index in [1.807, 2.05) is 4.57 Å². The maximum absolute atomic E-state index is 10.5. The maximum Gasteiger partial charge on any atom is 0.327 e. The molecule has 2 aromatic rings. The van der Waals surface area contributed by atoms with Crippen LogP contribution in [0.25, 0.3) is 11.2 Å². The van der Waals surface area contributed by atoms with Gasteiger partial charge in [-0.05, 0) is 0 Å². The number of hydrogen-bond donors (Lipinski definition) is 1. The van der Waals surface area contributed by atoms with Crippen molar-refractivity contribution in [2.75, 3.05) is 32.2 Å². The van der Waals surface area contributed by atoms with E-state index in [0.717, 1.165) is 0 Å². The Morgan fingerprint density at radius 2 is 2.30 bits per heavy atom. The van der Waals surface area contributed by atoms with Crippen molar-refractivity contribution in [3.05, 3.63) is 12.7 Å². The van der Waals surface area contributed by atoms with E-state index < -0.39 is 0 Å². The molecule has 1 unspecified atom stereocenters. The Kier molecular flexibility index (Phi) is 5.34. The Balaban J connectivity index is 2.11. The molecule has 0 amide bonds. The van der Waals surface area contributed by atoms with Crippen LogP contribution in [0.5, 0.6) is 0 Å². The Morgan fingerprint density at radius 1 is 1.45 bits per heavy atom. The normalized spacial score (nSPS) is 13.1. The van der Waals surface area contributed by atoms with Crippen molar-refractivity contribution < 1.29 is 14.0 Å². The SMILES string of the molecule is COC[C@H](Cn1cnc2c(N)ncnc21)OCC[PH+]=O.